The van der Waals surface area contributed by atoms with E-state index >= 15 is 0 Å². The van der Waals surface area contributed by atoms with Crippen LogP contribution in [-0.4, -0.2) is 37.1 Å². The van der Waals surface area contributed by atoms with Crippen molar-refractivity contribution in [2.24, 2.45) is 5.92 Å². The van der Waals surface area contributed by atoms with Gasteiger partial charge in [-0.25, -0.2) is 9.59 Å². The number of aryl methyl sites for hydroxylation is 1. The molecule has 36 heavy (non-hydrogen) atoms. The zero-order chi connectivity index (χ0) is 25.3. The van der Waals surface area contributed by atoms with Crippen LogP contribution in [0.4, 0.5) is 0 Å². The average Bonchev–Trinajstić information content (AvgIpc) is 3.11. The van der Waals surface area contributed by atoms with Gasteiger partial charge < -0.3 is 9.47 Å². The summed E-state index contributed by atoms with van der Waals surface area (Å²) in [5, 5.41) is 0. The fourth-order valence-electron chi connectivity index (χ4n) is 5.11. The van der Waals surface area contributed by atoms with Gasteiger partial charge in [0.25, 0.3) is 0 Å². The first-order chi connectivity index (χ1) is 17.6. The van der Waals surface area contributed by atoms with Crippen molar-refractivity contribution in [3.05, 3.63) is 119 Å². The summed E-state index contributed by atoms with van der Waals surface area (Å²) in [5.41, 5.74) is 4.96. The monoisotopic (exact) mass is 483 g/mol. The molecule has 3 aromatic carbocycles. The highest BCUT2D eigenvalue weighted by Crippen LogP contribution is 2.32. The fraction of sp³-hybridized carbons (Fsp3) is 0.290. The Bertz CT molecular complexity index is 1130. The molecule has 2 atom stereocenters. The van der Waals surface area contributed by atoms with Crippen molar-refractivity contribution in [2.45, 2.75) is 38.4 Å². The van der Waals surface area contributed by atoms with E-state index in [0.29, 0.717) is 0 Å². The first-order valence-corrected chi connectivity index (χ1v) is 12.4. The van der Waals surface area contributed by atoms with E-state index in [1.165, 1.54) is 36.5 Å². The molecular formula is C31H33NO4. The van der Waals surface area contributed by atoms with Crippen LogP contribution >= 0.6 is 0 Å². The molecule has 3 aromatic rings. The van der Waals surface area contributed by atoms with Crippen molar-refractivity contribution >= 4 is 11.9 Å². The van der Waals surface area contributed by atoms with Gasteiger partial charge in [0.1, 0.15) is 5.57 Å². The molecule has 0 amide bonds. The van der Waals surface area contributed by atoms with E-state index in [1.54, 1.807) is 6.08 Å². The Balaban J connectivity index is 1.77. The van der Waals surface area contributed by atoms with Crippen LogP contribution < -0.4 is 0 Å². The van der Waals surface area contributed by atoms with Gasteiger partial charge in [-0.05, 0) is 47.4 Å². The Morgan fingerprint density at radius 1 is 0.778 bits per heavy atom. The van der Waals surface area contributed by atoms with Gasteiger partial charge in [0.05, 0.1) is 14.2 Å². The van der Waals surface area contributed by atoms with Crippen LogP contribution in [0.25, 0.3) is 0 Å². The number of methoxy groups -OCH3 is 2. The molecular weight excluding hydrogens is 450 g/mol. The van der Waals surface area contributed by atoms with Crippen LogP contribution in [0.2, 0.25) is 0 Å². The number of fused-ring (bicyclic) bond motifs is 1. The van der Waals surface area contributed by atoms with Crippen molar-refractivity contribution in [1.82, 2.24) is 4.90 Å². The number of carbonyl (C=O) groups is 2. The Kier molecular flexibility index (Phi) is 8.69. The van der Waals surface area contributed by atoms with Gasteiger partial charge in [-0.3, -0.25) is 4.90 Å². The lowest BCUT2D eigenvalue weighted by molar-refractivity contribution is -0.144. The smallest absolute Gasteiger partial charge is 0.344 e. The van der Waals surface area contributed by atoms with Gasteiger partial charge in [-0.15, -0.1) is 0 Å². The highest BCUT2D eigenvalue weighted by molar-refractivity contribution is 6.14. The number of ether oxygens (including phenoxy) is 2. The van der Waals surface area contributed by atoms with Gasteiger partial charge in [0.2, 0.25) is 0 Å². The topological polar surface area (TPSA) is 55.8 Å². The summed E-state index contributed by atoms with van der Waals surface area (Å²) in [5.74, 6) is -1.43. The Labute approximate surface area is 213 Å². The van der Waals surface area contributed by atoms with E-state index in [4.69, 9.17) is 9.47 Å². The Morgan fingerprint density at radius 3 is 1.81 bits per heavy atom. The number of carbonyl (C=O) groups excluding carboxylic acids is 2. The maximum absolute atomic E-state index is 12.6. The maximum Gasteiger partial charge on any atom is 0.344 e. The third-order valence-electron chi connectivity index (χ3n) is 6.90. The van der Waals surface area contributed by atoms with Gasteiger partial charge >= 0.3 is 11.9 Å². The number of nitrogens with zero attached hydrogens (tertiary/aromatic N) is 1. The minimum atomic E-state index is -0.671. The van der Waals surface area contributed by atoms with E-state index in [-0.39, 0.29) is 17.5 Å². The molecule has 0 radical (unpaired) electrons. The molecule has 186 valence electrons. The van der Waals surface area contributed by atoms with Crippen molar-refractivity contribution in [2.75, 3.05) is 14.2 Å². The Hall–Kier alpha value is -3.70. The maximum atomic E-state index is 12.6. The number of benzene rings is 3. The van der Waals surface area contributed by atoms with Crippen LogP contribution in [0.5, 0.6) is 0 Å². The normalized spacial score (nSPS) is 17.0. The zero-order valence-electron chi connectivity index (χ0n) is 20.9. The summed E-state index contributed by atoms with van der Waals surface area (Å²) in [6.45, 7) is 1.51. The van der Waals surface area contributed by atoms with Crippen molar-refractivity contribution in [3.8, 4) is 0 Å². The molecule has 0 N–H and O–H groups in total. The molecule has 2 unspecified atom stereocenters. The predicted octanol–water partition coefficient (Wildman–Crippen LogP) is 5.13. The third-order valence-corrected chi connectivity index (χ3v) is 6.90. The number of rotatable bonds is 8. The van der Waals surface area contributed by atoms with E-state index in [9.17, 15) is 9.59 Å². The molecule has 4 rings (SSSR count). The van der Waals surface area contributed by atoms with Gasteiger partial charge in [0.15, 0.2) is 0 Å². The van der Waals surface area contributed by atoms with Crippen molar-refractivity contribution in [3.63, 3.8) is 0 Å². The summed E-state index contributed by atoms with van der Waals surface area (Å²) in [6, 6.07) is 29.4. The van der Waals surface area contributed by atoms with Gasteiger partial charge in [-0.1, -0.05) is 91.0 Å². The summed E-state index contributed by atoms with van der Waals surface area (Å²) >= 11 is 0. The first-order valence-electron chi connectivity index (χ1n) is 12.4. The minimum Gasteiger partial charge on any atom is -0.465 e. The zero-order valence-corrected chi connectivity index (χ0v) is 20.9. The van der Waals surface area contributed by atoms with Crippen LogP contribution in [0.15, 0.2) is 96.6 Å². The molecule has 0 saturated carbocycles. The lowest BCUT2D eigenvalue weighted by Crippen LogP contribution is -2.40. The Morgan fingerprint density at radius 2 is 1.28 bits per heavy atom. The van der Waals surface area contributed by atoms with Crippen molar-refractivity contribution < 1.29 is 19.1 Å². The van der Waals surface area contributed by atoms with Crippen LogP contribution in [-0.2, 0) is 45.0 Å². The molecule has 0 saturated heterocycles. The molecule has 0 heterocycles. The van der Waals surface area contributed by atoms with E-state index in [0.717, 1.165) is 32.4 Å². The molecule has 5 heteroatoms. The highest BCUT2D eigenvalue weighted by atomic mass is 16.5. The van der Waals surface area contributed by atoms with E-state index in [2.05, 4.69) is 71.6 Å². The average molecular weight is 484 g/mol. The standard InChI is InChI=1S/C31H33NO4/c1-35-30(33)28(31(34)36-2)20-27-19-26-16-10-9-15-25(26)17-18-29(27)32(21-23-11-5-3-6-12-23)22-24-13-7-4-8-14-24/h3-16,20,27,29H,17-19,21-22H2,1-2H3. The third kappa shape index (κ3) is 6.29. The van der Waals surface area contributed by atoms with Crippen LogP contribution in [0, 0.1) is 5.92 Å². The lowest BCUT2D eigenvalue weighted by atomic mass is 9.89. The van der Waals surface area contributed by atoms with Gasteiger partial charge in [0, 0.05) is 19.1 Å². The molecule has 0 bridgehead atoms. The molecule has 5 nitrogen and oxygen atoms in total. The largest absolute Gasteiger partial charge is 0.465 e. The minimum absolute atomic E-state index is 0.0475. The summed E-state index contributed by atoms with van der Waals surface area (Å²) in [7, 11) is 2.58. The lowest BCUT2D eigenvalue weighted by Gasteiger charge is -2.36. The molecule has 0 fully saturated rings. The summed E-state index contributed by atoms with van der Waals surface area (Å²) < 4.78 is 9.89. The molecule has 1 aliphatic rings. The van der Waals surface area contributed by atoms with Crippen molar-refractivity contribution in [1.29, 1.82) is 0 Å². The number of esters is 2. The second-order valence-electron chi connectivity index (χ2n) is 9.18. The van der Waals surface area contributed by atoms with E-state index < -0.39 is 11.9 Å². The first kappa shape index (κ1) is 25.4. The van der Waals surface area contributed by atoms with E-state index in [1.807, 2.05) is 18.2 Å². The molecule has 1 aliphatic carbocycles. The number of hydrogen-bond acceptors (Lipinski definition) is 5. The number of hydrogen-bond donors (Lipinski definition) is 0. The van der Waals surface area contributed by atoms with Crippen LogP contribution in [0.3, 0.4) is 0 Å². The fourth-order valence-corrected chi connectivity index (χ4v) is 5.11. The SMILES string of the molecule is COC(=O)C(=CC1Cc2ccccc2CCC1N(Cc1ccccc1)Cc1ccccc1)C(=O)OC. The molecule has 0 aliphatic heterocycles. The predicted molar refractivity (Wildman–Crippen MR) is 140 cm³/mol. The summed E-state index contributed by atoms with van der Waals surface area (Å²) in [4.78, 5) is 27.6. The molecule has 0 spiro atoms. The second kappa shape index (κ2) is 12.3. The quantitative estimate of drug-likeness (QED) is 0.146. The van der Waals surface area contributed by atoms with Crippen LogP contribution in [0.1, 0.15) is 28.7 Å². The highest BCUT2D eigenvalue weighted by Gasteiger charge is 2.32. The van der Waals surface area contributed by atoms with Gasteiger partial charge in [-0.2, -0.15) is 0 Å². The molecule has 0 aromatic heterocycles. The second-order valence-corrected chi connectivity index (χ2v) is 9.18. The summed E-state index contributed by atoms with van der Waals surface area (Å²) in [6.07, 6.45) is 4.33.